The van der Waals surface area contributed by atoms with Gasteiger partial charge >= 0.3 is 6.09 Å². The Morgan fingerprint density at radius 2 is 1.94 bits per heavy atom. The van der Waals surface area contributed by atoms with Crippen LogP contribution < -0.4 is 4.90 Å². The summed E-state index contributed by atoms with van der Waals surface area (Å²) in [4.78, 5) is 20.7. The number of carbonyl (C=O) groups is 1. The van der Waals surface area contributed by atoms with Crippen LogP contribution in [0.25, 0.3) is 11.1 Å². The number of hydrogen-bond acceptors (Lipinski definition) is 7. The molecule has 10 heteroatoms. The van der Waals surface area contributed by atoms with E-state index >= 15 is 4.39 Å². The summed E-state index contributed by atoms with van der Waals surface area (Å²) in [5.74, 6) is 2.74. The molecule has 0 radical (unpaired) electrons. The summed E-state index contributed by atoms with van der Waals surface area (Å²) in [7, 11) is 0. The van der Waals surface area contributed by atoms with Crippen LogP contribution >= 0.6 is 11.8 Å². The van der Waals surface area contributed by atoms with Crippen LogP contribution in [0, 0.1) is 12.7 Å². The molecule has 3 aromatic rings. The molecule has 2 aromatic heterocycles. The molecule has 5 rings (SSSR count). The van der Waals surface area contributed by atoms with Crippen molar-refractivity contribution >= 4 is 23.7 Å². The molecule has 0 spiro atoms. The number of nitrogens with zero attached hydrogens (tertiary/aromatic N) is 6. The summed E-state index contributed by atoms with van der Waals surface area (Å²) in [6.45, 7) is 4.54. The minimum absolute atomic E-state index is 0.289. The van der Waals surface area contributed by atoms with Crippen LogP contribution in [0.2, 0.25) is 0 Å². The topological polar surface area (TPSA) is 76.4 Å². The lowest BCUT2D eigenvalue weighted by Gasteiger charge is -2.28. The standard InChI is InChI=1S/C22H23FN6O2S/c1-15-17(4-5-20(25-15)27-9-12-32-13-10-27)18-3-2-16(14-19(18)23)21(29-7-6-24-26-29)28-8-11-31-22(28)30/h2-7,14,21H,8-13H2,1H3. The Morgan fingerprint density at radius 3 is 2.59 bits per heavy atom. The van der Waals surface area contributed by atoms with E-state index in [0.29, 0.717) is 17.7 Å². The van der Waals surface area contributed by atoms with Gasteiger partial charge in [0.05, 0.1) is 12.7 Å². The van der Waals surface area contributed by atoms with Crippen LogP contribution in [0.5, 0.6) is 0 Å². The minimum atomic E-state index is -0.630. The van der Waals surface area contributed by atoms with Crippen molar-refractivity contribution in [2.45, 2.75) is 13.1 Å². The van der Waals surface area contributed by atoms with Crippen LogP contribution in [0.4, 0.5) is 15.0 Å². The molecular weight excluding hydrogens is 431 g/mol. The number of carbonyl (C=O) groups excluding carboxylic acids is 1. The third-order valence-corrected chi connectivity index (χ3v) is 6.71. The molecule has 2 aliphatic heterocycles. The molecule has 0 N–H and O–H groups in total. The van der Waals surface area contributed by atoms with E-state index in [4.69, 9.17) is 9.72 Å². The first-order chi connectivity index (χ1) is 15.6. The molecule has 1 atom stereocenters. The molecule has 2 aliphatic rings. The average molecular weight is 455 g/mol. The van der Waals surface area contributed by atoms with Gasteiger partial charge in [0.1, 0.15) is 18.2 Å². The number of hydrogen-bond donors (Lipinski definition) is 0. The third kappa shape index (κ3) is 3.90. The Kier molecular flexibility index (Phi) is 5.69. The van der Waals surface area contributed by atoms with Crippen molar-refractivity contribution in [2.75, 3.05) is 42.6 Å². The van der Waals surface area contributed by atoms with Crippen molar-refractivity contribution in [3.8, 4) is 11.1 Å². The second kappa shape index (κ2) is 8.78. The van der Waals surface area contributed by atoms with Crippen LogP contribution in [0.1, 0.15) is 17.4 Å². The lowest BCUT2D eigenvalue weighted by atomic mass is 10.0. The predicted octanol–water partition coefficient (Wildman–Crippen LogP) is 3.34. The second-order valence-electron chi connectivity index (χ2n) is 7.71. The number of amides is 1. The number of thioether (sulfide) groups is 1. The van der Waals surface area contributed by atoms with Gasteiger partial charge in [0.25, 0.3) is 0 Å². The van der Waals surface area contributed by atoms with Gasteiger partial charge in [-0.05, 0) is 30.7 Å². The molecule has 166 valence electrons. The third-order valence-electron chi connectivity index (χ3n) is 5.77. The molecule has 0 bridgehead atoms. The van der Waals surface area contributed by atoms with Crippen molar-refractivity contribution in [1.29, 1.82) is 0 Å². The van der Waals surface area contributed by atoms with E-state index in [2.05, 4.69) is 15.2 Å². The Bertz CT molecular complexity index is 1120. The summed E-state index contributed by atoms with van der Waals surface area (Å²) in [5.41, 5.74) is 2.59. The molecule has 1 aromatic carbocycles. The first-order valence-electron chi connectivity index (χ1n) is 10.5. The van der Waals surface area contributed by atoms with Gasteiger partial charge in [-0.15, -0.1) is 5.10 Å². The van der Waals surface area contributed by atoms with Crippen molar-refractivity contribution < 1.29 is 13.9 Å². The zero-order valence-corrected chi connectivity index (χ0v) is 18.5. The maximum absolute atomic E-state index is 15.3. The average Bonchev–Trinajstić information content (AvgIpc) is 3.48. The van der Waals surface area contributed by atoms with E-state index in [9.17, 15) is 4.79 Å². The SMILES string of the molecule is Cc1nc(N2CCSCC2)ccc1-c1ccc(C(N2CCOC2=O)n2ccnn2)cc1F. The molecule has 2 saturated heterocycles. The highest BCUT2D eigenvalue weighted by molar-refractivity contribution is 7.99. The molecule has 0 aliphatic carbocycles. The summed E-state index contributed by atoms with van der Waals surface area (Å²) in [6, 6.07) is 8.89. The fraction of sp³-hybridized carbons (Fsp3) is 0.364. The zero-order valence-electron chi connectivity index (χ0n) is 17.6. The van der Waals surface area contributed by atoms with E-state index in [0.717, 1.165) is 41.7 Å². The Labute approximate surface area is 189 Å². The highest BCUT2D eigenvalue weighted by Crippen LogP contribution is 2.32. The molecule has 1 amide bonds. The first-order valence-corrected chi connectivity index (χ1v) is 11.7. The monoisotopic (exact) mass is 454 g/mol. The number of halogens is 1. The highest BCUT2D eigenvalue weighted by Gasteiger charge is 2.33. The van der Waals surface area contributed by atoms with Crippen LogP contribution in [0.15, 0.2) is 42.7 Å². The van der Waals surface area contributed by atoms with Crippen LogP contribution in [-0.4, -0.2) is 68.7 Å². The summed E-state index contributed by atoms with van der Waals surface area (Å²) < 4.78 is 21.9. The number of pyridine rings is 1. The minimum Gasteiger partial charge on any atom is -0.447 e. The number of ether oxygens (including phenoxy) is 1. The van der Waals surface area contributed by atoms with Gasteiger partial charge in [-0.2, -0.15) is 11.8 Å². The van der Waals surface area contributed by atoms with E-state index < -0.39 is 12.3 Å². The molecule has 1 unspecified atom stereocenters. The summed E-state index contributed by atoms with van der Waals surface area (Å²) >= 11 is 1.95. The Hall–Kier alpha value is -3.14. The number of cyclic esters (lactones) is 1. The molecular formula is C22H23FN6O2S. The molecule has 0 saturated carbocycles. The predicted molar refractivity (Wildman–Crippen MR) is 120 cm³/mol. The zero-order chi connectivity index (χ0) is 22.1. The fourth-order valence-corrected chi connectivity index (χ4v) is 5.07. The normalized spacial score (nSPS) is 17.5. The van der Waals surface area contributed by atoms with E-state index in [1.807, 2.05) is 36.9 Å². The lowest BCUT2D eigenvalue weighted by Crippen LogP contribution is -2.34. The second-order valence-corrected chi connectivity index (χ2v) is 8.93. The van der Waals surface area contributed by atoms with Crippen LogP contribution in [-0.2, 0) is 4.74 Å². The Morgan fingerprint density at radius 1 is 1.12 bits per heavy atom. The summed E-state index contributed by atoms with van der Waals surface area (Å²) in [5, 5.41) is 7.87. The van der Waals surface area contributed by atoms with Crippen LogP contribution in [0.3, 0.4) is 0 Å². The van der Waals surface area contributed by atoms with E-state index in [1.165, 1.54) is 21.8 Å². The van der Waals surface area contributed by atoms with Gasteiger partial charge < -0.3 is 9.64 Å². The van der Waals surface area contributed by atoms with E-state index in [1.54, 1.807) is 12.3 Å². The maximum Gasteiger partial charge on any atom is 0.411 e. The maximum atomic E-state index is 15.3. The van der Waals surface area contributed by atoms with Gasteiger partial charge in [-0.3, -0.25) is 4.90 Å². The summed E-state index contributed by atoms with van der Waals surface area (Å²) in [6.07, 6.45) is 2.08. The molecule has 2 fully saturated rings. The van der Waals surface area contributed by atoms with Gasteiger partial charge in [0.15, 0.2) is 6.17 Å². The lowest BCUT2D eigenvalue weighted by molar-refractivity contribution is 0.139. The van der Waals surface area contributed by atoms with Gasteiger partial charge in [-0.25, -0.2) is 18.9 Å². The van der Waals surface area contributed by atoms with Crippen molar-refractivity contribution in [2.24, 2.45) is 0 Å². The van der Waals surface area contributed by atoms with Crippen molar-refractivity contribution in [3.63, 3.8) is 0 Å². The number of aromatic nitrogens is 4. The van der Waals surface area contributed by atoms with Gasteiger partial charge in [0, 0.05) is 47.6 Å². The van der Waals surface area contributed by atoms with Crippen molar-refractivity contribution in [1.82, 2.24) is 24.9 Å². The number of rotatable bonds is 5. The van der Waals surface area contributed by atoms with Gasteiger partial charge in [-0.1, -0.05) is 17.3 Å². The van der Waals surface area contributed by atoms with E-state index in [-0.39, 0.29) is 12.4 Å². The molecule has 8 nitrogen and oxygen atoms in total. The van der Waals surface area contributed by atoms with Crippen molar-refractivity contribution in [3.05, 3.63) is 59.8 Å². The number of benzene rings is 1. The highest BCUT2D eigenvalue weighted by atomic mass is 32.2. The smallest absolute Gasteiger partial charge is 0.411 e. The quantitative estimate of drug-likeness (QED) is 0.585. The molecule has 4 heterocycles. The Balaban J connectivity index is 1.47. The molecule has 32 heavy (non-hydrogen) atoms. The van der Waals surface area contributed by atoms with Gasteiger partial charge in [0.2, 0.25) is 0 Å². The number of aryl methyl sites for hydroxylation is 1. The number of anilines is 1. The first kappa shape index (κ1) is 20.7. The largest absolute Gasteiger partial charge is 0.447 e. The fourth-order valence-electron chi connectivity index (χ4n) is 4.16.